The maximum atomic E-state index is 13.4. The fraction of sp³-hybridized carbons (Fsp3) is 0.625. The summed E-state index contributed by atoms with van der Waals surface area (Å²) in [5, 5.41) is 10.7. The third-order valence-electron chi connectivity index (χ3n) is 3.87. The van der Waals surface area contributed by atoms with Crippen molar-refractivity contribution in [3.05, 3.63) is 34.1 Å². The Labute approximate surface area is 129 Å². The smallest absolute Gasteiger partial charge is 0.124 e. The lowest BCUT2D eigenvalue weighted by molar-refractivity contribution is -0.0227. The molecule has 1 aliphatic rings. The Hall–Kier alpha value is -0.450. The molecule has 2 rings (SSSR count). The molecule has 0 saturated carbocycles. The molecule has 0 amide bonds. The Bertz CT molecular complexity index is 436. The van der Waals surface area contributed by atoms with E-state index in [1.165, 1.54) is 12.1 Å². The van der Waals surface area contributed by atoms with Gasteiger partial charge in [0.15, 0.2) is 0 Å². The monoisotopic (exact) mass is 343 g/mol. The molecule has 0 aliphatic carbocycles. The molecule has 4 heteroatoms. The summed E-state index contributed by atoms with van der Waals surface area (Å²) in [4.78, 5) is 2.40. The first-order valence-corrected chi connectivity index (χ1v) is 8.05. The van der Waals surface area contributed by atoms with Crippen LogP contribution >= 0.6 is 15.9 Å². The topological polar surface area (TPSA) is 23.5 Å². The maximum Gasteiger partial charge on any atom is 0.124 e. The lowest BCUT2D eigenvalue weighted by Crippen LogP contribution is -2.46. The molecule has 0 aromatic heterocycles. The van der Waals surface area contributed by atoms with Crippen molar-refractivity contribution in [2.45, 2.75) is 38.7 Å². The summed E-state index contributed by atoms with van der Waals surface area (Å²) in [6, 6.07) is 4.85. The third kappa shape index (κ3) is 4.54. The van der Waals surface area contributed by atoms with E-state index < -0.39 is 5.60 Å². The minimum Gasteiger partial charge on any atom is -0.389 e. The van der Waals surface area contributed by atoms with E-state index >= 15 is 0 Å². The Morgan fingerprint density at radius 3 is 2.50 bits per heavy atom. The van der Waals surface area contributed by atoms with Crippen molar-refractivity contribution >= 4 is 15.9 Å². The van der Waals surface area contributed by atoms with E-state index in [0.29, 0.717) is 12.3 Å². The highest BCUT2D eigenvalue weighted by molar-refractivity contribution is 9.10. The maximum absolute atomic E-state index is 13.4. The number of piperidine rings is 1. The minimum absolute atomic E-state index is 0.254. The van der Waals surface area contributed by atoms with Gasteiger partial charge in [-0.3, -0.25) is 0 Å². The third-order valence-corrected chi connectivity index (χ3v) is 4.32. The molecule has 1 aliphatic heterocycles. The highest BCUT2D eigenvalue weighted by Crippen LogP contribution is 2.28. The molecular formula is C16H23BrFNO. The summed E-state index contributed by atoms with van der Waals surface area (Å²) < 4.78 is 14.1. The van der Waals surface area contributed by atoms with E-state index in [4.69, 9.17) is 0 Å². The molecule has 0 spiro atoms. The van der Waals surface area contributed by atoms with Crippen LogP contribution in [0.1, 0.15) is 32.3 Å². The number of likely N-dealkylation sites (tertiary alicyclic amines) is 1. The number of halogens is 2. The van der Waals surface area contributed by atoms with Crippen molar-refractivity contribution < 1.29 is 9.50 Å². The second kappa shape index (κ2) is 6.54. The fourth-order valence-corrected chi connectivity index (χ4v) is 3.45. The summed E-state index contributed by atoms with van der Waals surface area (Å²) in [5.74, 6) is 0.399. The molecule has 1 aromatic rings. The average Bonchev–Trinajstić information content (AvgIpc) is 2.30. The van der Waals surface area contributed by atoms with E-state index in [0.717, 1.165) is 42.5 Å². The predicted molar refractivity (Wildman–Crippen MR) is 83.3 cm³/mol. The molecule has 20 heavy (non-hydrogen) atoms. The molecule has 1 aromatic carbocycles. The van der Waals surface area contributed by atoms with Gasteiger partial charge in [-0.2, -0.15) is 0 Å². The second-order valence-electron chi connectivity index (χ2n) is 6.37. The Kier molecular flexibility index (Phi) is 5.21. The Balaban J connectivity index is 1.96. The molecule has 0 unspecified atom stereocenters. The van der Waals surface area contributed by atoms with Gasteiger partial charge in [0, 0.05) is 30.5 Å². The van der Waals surface area contributed by atoms with E-state index in [-0.39, 0.29) is 5.82 Å². The van der Waals surface area contributed by atoms with Crippen molar-refractivity contribution in [1.29, 1.82) is 0 Å². The van der Waals surface area contributed by atoms with Crippen LogP contribution in [-0.4, -0.2) is 35.2 Å². The summed E-state index contributed by atoms with van der Waals surface area (Å²) >= 11 is 3.30. The van der Waals surface area contributed by atoms with Crippen molar-refractivity contribution in [1.82, 2.24) is 4.90 Å². The van der Waals surface area contributed by atoms with Crippen molar-refractivity contribution in [2.75, 3.05) is 19.6 Å². The quantitative estimate of drug-likeness (QED) is 0.902. The van der Waals surface area contributed by atoms with Gasteiger partial charge in [-0.15, -0.1) is 0 Å². The molecule has 0 bridgehead atoms. The van der Waals surface area contributed by atoms with Gasteiger partial charge in [-0.1, -0.05) is 29.8 Å². The number of hydrogen-bond donors (Lipinski definition) is 1. The van der Waals surface area contributed by atoms with E-state index in [9.17, 15) is 9.50 Å². The van der Waals surface area contributed by atoms with Gasteiger partial charge < -0.3 is 10.0 Å². The number of aliphatic hydroxyl groups is 1. The number of benzene rings is 1. The number of rotatable bonds is 4. The number of nitrogens with zero attached hydrogens (tertiary/aromatic N) is 1. The molecule has 1 heterocycles. The largest absolute Gasteiger partial charge is 0.389 e. The summed E-state index contributed by atoms with van der Waals surface area (Å²) in [6.45, 7) is 7.36. The van der Waals surface area contributed by atoms with Gasteiger partial charge in [-0.25, -0.2) is 4.39 Å². The standard InChI is InChI=1S/C16H23BrFNO/c1-12(2)11-19-5-3-16(20,4-6-19)10-13-7-14(17)9-15(18)8-13/h7-9,12,20H,3-6,10-11H2,1-2H3. The summed E-state index contributed by atoms with van der Waals surface area (Å²) in [5.41, 5.74) is 0.164. The van der Waals surface area contributed by atoms with Gasteiger partial charge in [-0.05, 0) is 42.5 Å². The van der Waals surface area contributed by atoms with Crippen LogP contribution in [0.5, 0.6) is 0 Å². The molecule has 1 saturated heterocycles. The van der Waals surface area contributed by atoms with Crippen LogP contribution in [0.25, 0.3) is 0 Å². The van der Waals surface area contributed by atoms with Crippen LogP contribution in [0.2, 0.25) is 0 Å². The van der Waals surface area contributed by atoms with Crippen LogP contribution in [0.4, 0.5) is 4.39 Å². The van der Waals surface area contributed by atoms with Crippen molar-refractivity contribution in [2.24, 2.45) is 5.92 Å². The Morgan fingerprint density at radius 1 is 1.30 bits per heavy atom. The lowest BCUT2D eigenvalue weighted by atomic mass is 9.85. The first kappa shape index (κ1) is 15.9. The molecular weight excluding hydrogens is 321 g/mol. The van der Waals surface area contributed by atoms with Gasteiger partial charge in [0.2, 0.25) is 0 Å². The number of hydrogen-bond acceptors (Lipinski definition) is 2. The first-order chi connectivity index (χ1) is 9.36. The fourth-order valence-electron chi connectivity index (χ4n) is 2.94. The first-order valence-electron chi connectivity index (χ1n) is 7.26. The van der Waals surface area contributed by atoms with Crippen LogP contribution < -0.4 is 0 Å². The van der Waals surface area contributed by atoms with Crippen LogP contribution in [-0.2, 0) is 6.42 Å². The minimum atomic E-state index is -0.694. The molecule has 0 atom stereocenters. The van der Waals surface area contributed by atoms with Crippen molar-refractivity contribution in [3.8, 4) is 0 Å². The highest BCUT2D eigenvalue weighted by atomic mass is 79.9. The zero-order valence-electron chi connectivity index (χ0n) is 12.2. The molecule has 1 N–H and O–H groups in total. The van der Waals surface area contributed by atoms with Crippen LogP contribution in [0.3, 0.4) is 0 Å². The van der Waals surface area contributed by atoms with E-state index in [1.54, 1.807) is 0 Å². The summed E-state index contributed by atoms with van der Waals surface area (Å²) in [7, 11) is 0. The van der Waals surface area contributed by atoms with Crippen molar-refractivity contribution in [3.63, 3.8) is 0 Å². The molecule has 0 radical (unpaired) electrons. The van der Waals surface area contributed by atoms with E-state index in [1.807, 2.05) is 6.07 Å². The molecule has 112 valence electrons. The SMILES string of the molecule is CC(C)CN1CCC(O)(Cc2cc(F)cc(Br)c2)CC1. The predicted octanol–water partition coefficient (Wildman–Crippen LogP) is 3.61. The lowest BCUT2D eigenvalue weighted by Gasteiger charge is -2.39. The zero-order chi connectivity index (χ0) is 14.8. The highest BCUT2D eigenvalue weighted by Gasteiger charge is 2.32. The van der Waals surface area contributed by atoms with Gasteiger partial charge in [0.05, 0.1) is 5.60 Å². The molecule has 1 fully saturated rings. The Morgan fingerprint density at radius 2 is 1.95 bits per heavy atom. The van der Waals surface area contributed by atoms with Gasteiger partial charge >= 0.3 is 0 Å². The van der Waals surface area contributed by atoms with Crippen LogP contribution in [0, 0.1) is 11.7 Å². The normalized spacial score (nSPS) is 19.5. The summed E-state index contributed by atoms with van der Waals surface area (Å²) in [6.07, 6.45) is 2.04. The van der Waals surface area contributed by atoms with Gasteiger partial charge in [0.25, 0.3) is 0 Å². The van der Waals surface area contributed by atoms with Gasteiger partial charge in [0.1, 0.15) is 5.82 Å². The molecule has 2 nitrogen and oxygen atoms in total. The van der Waals surface area contributed by atoms with E-state index in [2.05, 4.69) is 34.7 Å². The second-order valence-corrected chi connectivity index (χ2v) is 7.29. The zero-order valence-corrected chi connectivity index (χ0v) is 13.8. The average molecular weight is 344 g/mol. The van der Waals surface area contributed by atoms with Crippen LogP contribution in [0.15, 0.2) is 22.7 Å².